The Kier molecular flexibility index (Phi) is 17.0. The highest BCUT2D eigenvalue weighted by molar-refractivity contribution is 6.03. The second kappa shape index (κ2) is 25.8. The molecule has 3 aliphatic heterocycles. The summed E-state index contributed by atoms with van der Waals surface area (Å²) >= 11 is 0. The number of Topliss-reactive ketones (excluding diaryl/α,β-unsaturated/α-hetero) is 3. The minimum atomic E-state index is -0.947. The third-order valence-corrected chi connectivity index (χ3v) is 25.7. The third-order valence-electron chi connectivity index (χ3n) is 25.7. The Labute approximate surface area is 587 Å². The molecule has 0 spiro atoms. The summed E-state index contributed by atoms with van der Waals surface area (Å²) in [7, 11) is 5.38. The van der Waals surface area contributed by atoms with Crippen molar-refractivity contribution in [2.24, 2.45) is 57.5 Å². The van der Waals surface area contributed by atoms with E-state index in [0.29, 0.717) is 35.6 Å². The van der Waals surface area contributed by atoms with E-state index in [4.69, 9.17) is 34.2 Å². The van der Waals surface area contributed by atoms with Crippen LogP contribution in [0.1, 0.15) is 126 Å². The Hall–Kier alpha value is -9.00. The van der Waals surface area contributed by atoms with Gasteiger partial charge in [-0.1, -0.05) is 93.6 Å². The van der Waals surface area contributed by atoms with Gasteiger partial charge >= 0.3 is 11.9 Å². The van der Waals surface area contributed by atoms with Gasteiger partial charge in [0.2, 0.25) is 0 Å². The Morgan fingerprint density at radius 1 is 0.535 bits per heavy atom. The first-order valence-electron chi connectivity index (χ1n) is 35.9. The van der Waals surface area contributed by atoms with Gasteiger partial charge in [0.1, 0.15) is 35.6 Å². The second-order valence-corrected chi connectivity index (χ2v) is 30.9. The van der Waals surface area contributed by atoms with Gasteiger partial charge in [0, 0.05) is 160 Å². The molecule has 4 fully saturated rings. The predicted octanol–water partition coefficient (Wildman–Crippen LogP) is 13.8. The number of carboxylic acids is 2. The van der Waals surface area contributed by atoms with Crippen LogP contribution in [0.3, 0.4) is 0 Å². The van der Waals surface area contributed by atoms with Crippen molar-refractivity contribution in [1.29, 1.82) is 0 Å². The Bertz CT molecular complexity index is 4720. The molecule has 18 rings (SSSR count). The number of fused-ring (bicyclic) bond motifs is 12. The smallest absolute Gasteiger partial charge is 0.307 e. The number of rotatable bonds is 9. The van der Waals surface area contributed by atoms with Gasteiger partial charge in [-0.3, -0.25) is 38.9 Å². The molecule has 0 radical (unpaired) electrons. The van der Waals surface area contributed by atoms with E-state index in [-0.39, 0.29) is 137 Å². The summed E-state index contributed by atoms with van der Waals surface area (Å²) in [6, 6.07) is 25.7. The summed E-state index contributed by atoms with van der Waals surface area (Å²) in [5, 5.41) is 26.0. The van der Waals surface area contributed by atoms with Gasteiger partial charge in [-0.05, 0) is 142 Å². The normalized spacial score (nSPS) is 34.7. The highest BCUT2D eigenvalue weighted by atomic mass is 16.5. The monoisotopic (exact) mass is 1360 g/mol. The lowest BCUT2D eigenvalue weighted by molar-refractivity contribution is -0.145. The van der Waals surface area contributed by atoms with Crippen LogP contribution in [-0.2, 0) is 52.4 Å². The minimum absolute atomic E-state index is 0.00324. The number of ether oxygens (including phenoxy) is 6. The average Bonchev–Trinajstić information content (AvgIpc) is 1.60. The molecule has 9 aliphatic carbocycles. The lowest BCUT2D eigenvalue weighted by Crippen LogP contribution is -2.44. The van der Waals surface area contributed by atoms with Gasteiger partial charge in [0.15, 0.2) is 17.3 Å². The summed E-state index contributed by atoms with van der Waals surface area (Å²) in [6.45, 7) is 7.48. The van der Waals surface area contributed by atoms with Crippen LogP contribution in [0.25, 0.3) is 32.3 Å². The van der Waals surface area contributed by atoms with Crippen molar-refractivity contribution < 1.29 is 62.6 Å². The number of methoxy groups -OCH3 is 3. The van der Waals surface area contributed by atoms with Gasteiger partial charge in [0.25, 0.3) is 0 Å². The number of pyridine rings is 3. The van der Waals surface area contributed by atoms with Crippen LogP contribution >= 0.6 is 0 Å². The van der Waals surface area contributed by atoms with Crippen LogP contribution in [0, 0.1) is 51.8 Å². The number of hydrogen-bond donors (Lipinski definition) is 3. The maximum absolute atomic E-state index is 12.7. The Balaban J connectivity index is 0.000000118. The van der Waals surface area contributed by atoms with Gasteiger partial charge in [-0.2, -0.15) is 0 Å². The summed E-state index contributed by atoms with van der Waals surface area (Å²) < 4.78 is 37.9. The van der Waals surface area contributed by atoms with E-state index < -0.39 is 23.8 Å². The van der Waals surface area contributed by atoms with Crippen molar-refractivity contribution in [3.05, 3.63) is 220 Å². The molecule has 4 N–H and O–H groups in total. The SMILES string of the molecule is CO[C@@H]1C[C@H]2[C@@H]3OC4=C(C=C3C=C[C@]2(C)[C@H]1c1ccc2ccncc2c1)C(=O)CC(CN)C4.CO[C@@H]1C[C@H]2[C@@H]3OC4=C(C=C3C=C[C@]2(C)[C@H]1c1cccc2cnccc12)C(=O)CC(C(=O)O)C4.CO[C@@H]1C[C@H]2[C@@H]3OC4=C(C=C3CC[C@]2(C)[C@H]1c1cccc2cnccc12)C(=O)CC(C(=O)O)C4. The first-order chi connectivity index (χ1) is 48.8. The van der Waals surface area contributed by atoms with E-state index in [1.165, 1.54) is 38.4 Å². The van der Waals surface area contributed by atoms with Crippen molar-refractivity contribution in [2.75, 3.05) is 27.9 Å². The van der Waals surface area contributed by atoms with Crippen LogP contribution in [0.4, 0.5) is 0 Å². The molecule has 6 aromatic rings. The van der Waals surface area contributed by atoms with E-state index >= 15 is 0 Å². The lowest BCUT2D eigenvalue weighted by atomic mass is 9.60. The number of carbonyl (C=O) groups excluding carboxylic acids is 3. The predicted molar refractivity (Wildman–Crippen MR) is 379 cm³/mol. The lowest BCUT2D eigenvalue weighted by Gasteiger charge is -2.48. The highest BCUT2D eigenvalue weighted by Crippen LogP contribution is 2.65. The Morgan fingerprint density at radius 2 is 1.02 bits per heavy atom. The zero-order chi connectivity index (χ0) is 70.0. The van der Waals surface area contributed by atoms with Gasteiger partial charge < -0.3 is 44.4 Å². The number of ketones is 3. The fourth-order valence-electron chi connectivity index (χ4n) is 20.5. The summed E-state index contributed by atoms with van der Waals surface area (Å²) in [5.41, 5.74) is 14.4. The maximum atomic E-state index is 12.7. The maximum Gasteiger partial charge on any atom is 0.307 e. The molecule has 3 aromatic heterocycles. The molecular weight excluding hydrogens is 1270 g/mol. The van der Waals surface area contributed by atoms with Gasteiger partial charge in [-0.25, -0.2) is 0 Å². The molecule has 3 unspecified atom stereocenters. The average molecular weight is 1360 g/mol. The highest BCUT2D eigenvalue weighted by Gasteiger charge is 2.62. The summed E-state index contributed by atoms with van der Waals surface area (Å²) in [5.74, 6) is -0.179. The van der Waals surface area contributed by atoms with Gasteiger partial charge in [0.05, 0.1) is 46.9 Å². The van der Waals surface area contributed by atoms with Crippen molar-refractivity contribution in [1.82, 2.24) is 15.0 Å². The standard InChI is InChI=1S/C28H30N2O3.C28H29NO5.C28H27NO5/c1-28-7-5-19-12-21-23(31)9-16(14-29)10-24(21)33-27(19)22(28)13-25(32-2)26(28)18-4-3-17-6-8-30-15-20(17)11-18;2*1-28-8-6-15-10-20-22(30)11-17(27(31)32)12-23(20)34-26(15)21(28)13-24(33-2)25(28)19-5-3-4-16-14-29-9-7-18(16)19/h3-8,11-12,15-16,22,25-27H,9-10,13-14,29H2,1-2H3;3-5,7,9-10,14,17,21,24-26H,6,8,11-13H2,1-2H3,(H,31,32);3-10,14,17,21,24-26H,11-13H2,1-2H3,(H,31,32)/t16?,22-,25+,26-,27+,28-;2*17?,21-,24+,25-,26+,28-/m000/s1. The first kappa shape index (κ1) is 66.5. The number of allylic oxidation sites excluding steroid dienone is 11. The number of nitrogens with zero attached hydrogens (tertiary/aromatic N) is 3. The van der Waals surface area contributed by atoms with Crippen LogP contribution < -0.4 is 5.73 Å². The number of hydrogen-bond acceptors (Lipinski definition) is 15. The van der Waals surface area contributed by atoms with E-state index in [2.05, 4.69) is 133 Å². The topological polar surface area (TPSA) is 246 Å². The molecule has 0 saturated heterocycles. The van der Waals surface area contributed by atoms with Crippen LogP contribution in [0.15, 0.2) is 203 Å². The van der Waals surface area contributed by atoms with E-state index in [1.54, 1.807) is 14.2 Å². The van der Waals surface area contributed by atoms with Crippen LogP contribution in [0.2, 0.25) is 0 Å². The Morgan fingerprint density at radius 3 is 1.58 bits per heavy atom. The van der Waals surface area contributed by atoms with Gasteiger partial charge in [-0.15, -0.1) is 0 Å². The molecular formula is C84H86N4O13. The molecule has 6 heterocycles. The summed E-state index contributed by atoms with van der Waals surface area (Å²) in [6.07, 6.45) is 32.2. The van der Waals surface area contributed by atoms with Crippen molar-refractivity contribution >= 4 is 61.6 Å². The first-order valence-corrected chi connectivity index (χ1v) is 35.9. The molecule has 0 bridgehead atoms. The fraction of sp³-hybridized carbons (Fsp3) is 0.429. The van der Waals surface area contributed by atoms with Crippen molar-refractivity contribution in [3.8, 4) is 0 Å². The molecule has 4 saturated carbocycles. The molecule has 18 atom stereocenters. The molecule has 3 aromatic carbocycles. The van der Waals surface area contributed by atoms with E-state index in [0.717, 1.165) is 77.2 Å². The quantitative estimate of drug-likeness (QED) is 0.122. The number of carbonyl (C=O) groups is 5. The second-order valence-electron chi connectivity index (χ2n) is 30.9. The fourth-order valence-corrected chi connectivity index (χ4v) is 20.5. The van der Waals surface area contributed by atoms with Crippen LogP contribution in [0.5, 0.6) is 0 Å². The molecule has 17 heteroatoms. The molecule has 0 amide bonds. The van der Waals surface area contributed by atoms with E-state index in [1.807, 2.05) is 62.5 Å². The molecule has 12 aliphatic rings. The van der Waals surface area contributed by atoms with Crippen molar-refractivity contribution in [3.63, 3.8) is 0 Å². The number of aromatic nitrogens is 3. The van der Waals surface area contributed by atoms with Crippen molar-refractivity contribution in [2.45, 2.75) is 146 Å². The number of nitrogens with two attached hydrogens (primary N) is 1. The largest absolute Gasteiger partial charge is 0.489 e. The zero-order valence-electron chi connectivity index (χ0n) is 57.9. The zero-order valence-corrected chi connectivity index (χ0v) is 57.9. The third kappa shape index (κ3) is 11.1. The minimum Gasteiger partial charge on any atom is -0.489 e. The number of aliphatic carboxylic acids is 2. The summed E-state index contributed by atoms with van der Waals surface area (Å²) in [4.78, 5) is 74.2. The number of benzene rings is 3. The molecule has 520 valence electrons. The number of carboxylic acid groups (broad SMARTS) is 2. The molecule has 101 heavy (non-hydrogen) atoms. The molecule has 17 nitrogen and oxygen atoms in total. The van der Waals surface area contributed by atoms with Crippen LogP contribution in [-0.4, -0.2) is 119 Å². The van der Waals surface area contributed by atoms with E-state index in [9.17, 15) is 34.2 Å².